The van der Waals surface area contributed by atoms with Crippen LogP contribution in [-0.2, 0) is 5.41 Å². The fraction of sp³-hybridized carbons (Fsp3) is 0.588. The van der Waals surface area contributed by atoms with E-state index in [-0.39, 0.29) is 11.5 Å². The number of ether oxygens (including phenoxy) is 1. The molecule has 1 aromatic rings. The second-order valence-electron chi connectivity index (χ2n) is 6.39. The molecule has 110 valence electrons. The number of benzene rings is 1. The van der Waals surface area contributed by atoms with Crippen molar-refractivity contribution in [3.8, 4) is 11.8 Å². The molecule has 0 amide bonds. The first-order valence-electron chi connectivity index (χ1n) is 7.22. The monoisotopic (exact) mass is 274 g/mol. The Kier molecular flexibility index (Phi) is 6.04. The van der Waals surface area contributed by atoms with Gasteiger partial charge in [0.2, 0.25) is 0 Å². The van der Waals surface area contributed by atoms with E-state index in [1.54, 1.807) is 0 Å². The molecule has 1 aromatic carbocycles. The first-order chi connectivity index (χ1) is 9.34. The summed E-state index contributed by atoms with van der Waals surface area (Å²) in [4.78, 5) is 0. The summed E-state index contributed by atoms with van der Waals surface area (Å²) in [6.07, 6.45) is 0.688. The largest absolute Gasteiger partial charge is 0.493 e. The summed E-state index contributed by atoms with van der Waals surface area (Å²) < 4.78 is 5.89. The van der Waals surface area contributed by atoms with Gasteiger partial charge in [-0.3, -0.25) is 5.32 Å². The predicted octanol–water partition coefficient (Wildman–Crippen LogP) is 3.64. The molecule has 1 rings (SSSR count). The Morgan fingerprint density at radius 3 is 2.45 bits per heavy atom. The van der Waals surface area contributed by atoms with Crippen LogP contribution in [0.2, 0.25) is 0 Å². The van der Waals surface area contributed by atoms with Crippen molar-refractivity contribution in [2.75, 3.05) is 6.61 Å². The SMILES string of the molecule is CC(C)NC(C#N)CCOc1ccccc1C(C)(C)C. The molecule has 0 heterocycles. The molecule has 1 unspecified atom stereocenters. The molecule has 1 N–H and O–H groups in total. The third-order valence-corrected chi connectivity index (χ3v) is 3.05. The van der Waals surface area contributed by atoms with Gasteiger partial charge in [0.05, 0.1) is 18.7 Å². The fourth-order valence-electron chi connectivity index (χ4n) is 2.09. The van der Waals surface area contributed by atoms with Crippen LogP contribution >= 0.6 is 0 Å². The average Bonchev–Trinajstić information content (AvgIpc) is 2.36. The zero-order valence-electron chi connectivity index (χ0n) is 13.2. The van der Waals surface area contributed by atoms with E-state index in [0.717, 1.165) is 5.75 Å². The highest BCUT2D eigenvalue weighted by molar-refractivity contribution is 5.38. The lowest BCUT2D eigenvalue weighted by atomic mass is 9.86. The smallest absolute Gasteiger partial charge is 0.123 e. The number of para-hydroxylation sites is 1. The van der Waals surface area contributed by atoms with Gasteiger partial charge >= 0.3 is 0 Å². The average molecular weight is 274 g/mol. The van der Waals surface area contributed by atoms with Gasteiger partial charge in [-0.1, -0.05) is 39.0 Å². The third-order valence-electron chi connectivity index (χ3n) is 3.05. The highest BCUT2D eigenvalue weighted by atomic mass is 16.5. The molecule has 20 heavy (non-hydrogen) atoms. The Labute approximate surface area is 123 Å². The summed E-state index contributed by atoms with van der Waals surface area (Å²) in [6, 6.07) is 10.5. The second kappa shape index (κ2) is 7.31. The zero-order chi connectivity index (χ0) is 15.2. The van der Waals surface area contributed by atoms with Crippen LogP contribution in [0.4, 0.5) is 0 Å². The molecule has 3 nitrogen and oxygen atoms in total. The molecule has 0 saturated heterocycles. The molecule has 0 aromatic heterocycles. The summed E-state index contributed by atoms with van der Waals surface area (Å²) in [5.41, 5.74) is 1.26. The third kappa shape index (κ3) is 5.22. The van der Waals surface area contributed by atoms with Crippen molar-refractivity contribution < 1.29 is 4.74 Å². The minimum absolute atomic E-state index is 0.0570. The van der Waals surface area contributed by atoms with Crippen molar-refractivity contribution in [3.05, 3.63) is 29.8 Å². The molecule has 1 atom stereocenters. The molecule has 3 heteroatoms. The van der Waals surface area contributed by atoms with E-state index < -0.39 is 0 Å². The van der Waals surface area contributed by atoms with Gasteiger partial charge in [-0.15, -0.1) is 0 Å². The first-order valence-corrected chi connectivity index (χ1v) is 7.22. The Bertz CT molecular complexity index is 455. The Balaban J connectivity index is 2.61. The summed E-state index contributed by atoms with van der Waals surface area (Å²) in [5, 5.41) is 12.3. The molecule has 0 aliphatic rings. The lowest BCUT2D eigenvalue weighted by molar-refractivity contribution is 0.287. The molecule has 0 bridgehead atoms. The first kappa shape index (κ1) is 16.5. The van der Waals surface area contributed by atoms with Gasteiger partial charge in [-0.25, -0.2) is 0 Å². The van der Waals surface area contributed by atoms with Crippen molar-refractivity contribution in [2.24, 2.45) is 0 Å². The van der Waals surface area contributed by atoms with Crippen LogP contribution in [0, 0.1) is 11.3 Å². The topological polar surface area (TPSA) is 45.0 Å². The molecule has 0 spiro atoms. The Hall–Kier alpha value is -1.53. The highest BCUT2D eigenvalue weighted by Gasteiger charge is 2.18. The quantitative estimate of drug-likeness (QED) is 0.861. The lowest BCUT2D eigenvalue weighted by Gasteiger charge is -2.23. The maximum Gasteiger partial charge on any atom is 0.123 e. The van der Waals surface area contributed by atoms with Gasteiger partial charge in [0, 0.05) is 12.5 Å². The van der Waals surface area contributed by atoms with E-state index in [4.69, 9.17) is 10.00 Å². The highest BCUT2D eigenvalue weighted by Crippen LogP contribution is 2.30. The minimum atomic E-state index is -0.156. The van der Waals surface area contributed by atoms with Gasteiger partial charge in [-0.05, 0) is 30.9 Å². The van der Waals surface area contributed by atoms with Crippen LogP contribution in [0.1, 0.15) is 46.6 Å². The van der Waals surface area contributed by atoms with E-state index in [1.807, 2.05) is 32.0 Å². The van der Waals surface area contributed by atoms with E-state index in [9.17, 15) is 0 Å². The van der Waals surface area contributed by atoms with Crippen LogP contribution in [0.15, 0.2) is 24.3 Å². The maximum absolute atomic E-state index is 9.09. The van der Waals surface area contributed by atoms with Crippen LogP contribution in [0.3, 0.4) is 0 Å². The second-order valence-corrected chi connectivity index (χ2v) is 6.39. The lowest BCUT2D eigenvalue weighted by Crippen LogP contribution is -2.34. The van der Waals surface area contributed by atoms with E-state index in [1.165, 1.54) is 5.56 Å². The molecular weight excluding hydrogens is 248 g/mol. The number of rotatable bonds is 6. The maximum atomic E-state index is 9.09. The van der Waals surface area contributed by atoms with Crippen LogP contribution in [0.5, 0.6) is 5.75 Å². The summed E-state index contributed by atoms with van der Waals surface area (Å²) >= 11 is 0. The fourth-order valence-corrected chi connectivity index (χ4v) is 2.09. The molecule has 0 saturated carbocycles. The van der Waals surface area contributed by atoms with E-state index in [2.05, 4.69) is 38.2 Å². The van der Waals surface area contributed by atoms with Gasteiger partial charge in [-0.2, -0.15) is 5.26 Å². The number of hydrogen-bond acceptors (Lipinski definition) is 3. The minimum Gasteiger partial charge on any atom is -0.493 e. The number of nitrogens with zero attached hydrogens (tertiary/aromatic N) is 1. The molecular formula is C17H26N2O. The number of nitrogens with one attached hydrogen (secondary N) is 1. The predicted molar refractivity (Wildman–Crippen MR) is 82.9 cm³/mol. The van der Waals surface area contributed by atoms with Crippen molar-refractivity contribution in [3.63, 3.8) is 0 Å². The van der Waals surface area contributed by atoms with Gasteiger partial charge in [0.1, 0.15) is 5.75 Å². The molecule has 0 radical (unpaired) electrons. The van der Waals surface area contributed by atoms with Gasteiger partial charge in [0.15, 0.2) is 0 Å². The van der Waals surface area contributed by atoms with Crippen molar-refractivity contribution in [1.82, 2.24) is 5.32 Å². The van der Waals surface area contributed by atoms with E-state index >= 15 is 0 Å². The Morgan fingerprint density at radius 2 is 1.90 bits per heavy atom. The Morgan fingerprint density at radius 1 is 1.25 bits per heavy atom. The zero-order valence-corrected chi connectivity index (χ0v) is 13.2. The number of nitriles is 1. The summed E-state index contributed by atoms with van der Waals surface area (Å²) in [5.74, 6) is 0.918. The van der Waals surface area contributed by atoms with Gasteiger partial charge < -0.3 is 4.74 Å². The van der Waals surface area contributed by atoms with Crippen LogP contribution in [-0.4, -0.2) is 18.7 Å². The molecule has 0 aliphatic heterocycles. The summed E-state index contributed by atoms with van der Waals surface area (Å²) in [7, 11) is 0. The standard InChI is InChI=1S/C17H26N2O/c1-13(2)19-14(12-18)10-11-20-16-9-7-6-8-15(16)17(3,4)5/h6-9,13-14,19H,10-11H2,1-5H3. The van der Waals surface area contributed by atoms with Crippen molar-refractivity contribution in [1.29, 1.82) is 5.26 Å². The van der Waals surface area contributed by atoms with Crippen LogP contribution in [0.25, 0.3) is 0 Å². The van der Waals surface area contributed by atoms with Crippen molar-refractivity contribution >= 4 is 0 Å². The van der Waals surface area contributed by atoms with Crippen LogP contribution < -0.4 is 10.1 Å². The number of hydrogen-bond donors (Lipinski definition) is 1. The molecule has 0 fully saturated rings. The van der Waals surface area contributed by atoms with Gasteiger partial charge in [0.25, 0.3) is 0 Å². The molecule has 0 aliphatic carbocycles. The normalized spacial score (nSPS) is 13.1. The van der Waals surface area contributed by atoms with Crippen molar-refractivity contribution in [2.45, 2.75) is 58.5 Å². The van der Waals surface area contributed by atoms with E-state index in [0.29, 0.717) is 19.1 Å². The summed E-state index contributed by atoms with van der Waals surface area (Å²) in [6.45, 7) is 11.2.